The van der Waals surface area contributed by atoms with Crippen LogP contribution < -0.4 is 5.32 Å². The third kappa shape index (κ3) is 2.86. The highest BCUT2D eigenvalue weighted by Gasteiger charge is 2.14. The smallest absolute Gasteiger partial charge is 0.255 e. The second kappa shape index (κ2) is 6.25. The van der Waals surface area contributed by atoms with E-state index in [1.165, 1.54) is 11.3 Å². The molecule has 0 fully saturated rings. The molecule has 3 rings (SSSR count). The quantitative estimate of drug-likeness (QED) is 0.792. The monoisotopic (exact) mass is 312 g/mol. The number of anilines is 1. The van der Waals surface area contributed by atoms with Crippen LogP contribution in [0.1, 0.15) is 21.6 Å². The molecule has 5 heteroatoms. The highest BCUT2D eigenvalue weighted by molar-refractivity contribution is 7.17. The van der Waals surface area contributed by atoms with E-state index in [1.54, 1.807) is 19.2 Å². The highest BCUT2D eigenvalue weighted by atomic mass is 32.1. The van der Waals surface area contributed by atoms with Gasteiger partial charge in [-0.1, -0.05) is 18.2 Å². The lowest BCUT2D eigenvalue weighted by Crippen LogP contribution is -2.11. The van der Waals surface area contributed by atoms with Crippen molar-refractivity contribution in [1.82, 2.24) is 4.98 Å². The van der Waals surface area contributed by atoms with Gasteiger partial charge in [-0.05, 0) is 30.7 Å². The van der Waals surface area contributed by atoms with Crippen molar-refractivity contribution in [3.63, 3.8) is 0 Å². The van der Waals surface area contributed by atoms with E-state index in [4.69, 9.17) is 4.74 Å². The molecule has 0 unspecified atom stereocenters. The Morgan fingerprint density at radius 2 is 2.09 bits per heavy atom. The molecule has 3 aromatic rings. The molecular formula is C17H16N2O2S. The summed E-state index contributed by atoms with van der Waals surface area (Å²) in [7, 11) is 1.66. The standard InChI is InChI=1S/C17H16N2O2S/c1-11-8-13(9-21-2)15-14(10-22-17(15)18-11)19-16(20)12-6-4-3-5-7-12/h3-8,10H,9H2,1-2H3,(H,19,20). The van der Waals surface area contributed by atoms with Crippen molar-refractivity contribution in [2.75, 3.05) is 12.4 Å². The molecular weight excluding hydrogens is 296 g/mol. The molecule has 4 nitrogen and oxygen atoms in total. The largest absolute Gasteiger partial charge is 0.380 e. The number of fused-ring (bicyclic) bond motifs is 1. The molecule has 2 aromatic heterocycles. The summed E-state index contributed by atoms with van der Waals surface area (Å²) in [5.41, 5.74) is 3.40. The average Bonchev–Trinajstić information content (AvgIpc) is 2.91. The molecule has 0 spiro atoms. The number of thiophene rings is 1. The summed E-state index contributed by atoms with van der Waals surface area (Å²) >= 11 is 1.52. The maximum atomic E-state index is 12.3. The fraction of sp³-hybridized carbons (Fsp3) is 0.176. The number of hydrogen-bond acceptors (Lipinski definition) is 4. The maximum absolute atomic E-state index is 12.3. The first kappa shape index (κ1) is 14.7. The van der Waals surface area contributed by atoms with Gasteiger partial charge in [0.2, 0.25) is 0 Å². The summed E-state index contributed by atoms with van der Waals surface area (Å²) < 4.78 is 5.27. The molecule has 1 N–H and O–H groups in total. The Hall–Kier alpha value is -2.24. The summed E-state index contributed by atoms with van der Waals surface area (Å²) in [4.78, 5) is 17.8. The molecule has 0 saturated carbocycles. The van der Waals surface area contributed by atoms with Gasteiger partial charge in [-0.2, -0.15) is 0 Å². The Morgan fingerprint density at radius 1 is 1.32 bits per heavy atom. The van der Waals surface area contributed by atoms with Gasteiger partial charge in [0.25, 0.3) is 5.91 Å². The molecule has 112 valence electrons. The van der Waals surface area contributed by atoms with Gasteiger partial charge in [0, 0.05) is 29.1 Å². The van der Waals surface area contributed by atoms with Gasteiger partial charge in [0.15, 0.2) is 0 Å². The van der Waals surface area contributed by atoms with Crippen molar-refractivity contribution in [2.45, 2.75) is 13.5 Å². The van der Waals surface area contributed by atoms with Gasteiger partial charge in [0.1, 0.15) is 4.83 Å². The van der Waals surface area contributed by atoms with E-state index < -0.39 is 0 Å². The lowest BCUT2D eigenvalue weighted by molar-refractivity contribution is 0.102. The number of amides is 1. The lowest BCUT2D eigenvalue weighted by Gasteiger charge is -2.08. The summed E-state index contributed by atoms with van der Waals surface area (Å²) in [6.45, 7) is 2.45. The van der Waals surface area contributed by atoms with Crippen molar-refractivity contribution in [1.29, 1.82) is 0 Å². The molecule has 0 aliphatic heterocycles. The Kier molecular flexibility index (Phi) is 4.18. The Bertz CT molecular complexity index is 812. The van der Waals surface area contributed by atoms with E-state index in [-0.39, 0.29) is 5.91 Å². The molecule has 0 aliphatic carbocycles. The van der Waals surface area contributed by atoms with Crippen LogP contribution in [-0.4, -0.2) is 18.0 Å². The molecule has 0 saturated heterocycles. The number of pyridine rings is 1. The minimum atomic E-state index is -0.121. The van der Waals surface area contributed by atoms with E-state index >= 15 is 0 Å². The van der Waals surface area contributed by atoms with E-state index in [9.17, 15) is 4.79 Å². The van der Waals surface area contributed by atoms with Crippen molar-refractivity contribution in [3.05, 3.63) is 58.6 Å². The number of hydrogen-bond donors (Lipinski definition) is 1. The minimum Gasteiger partial charge on any atom is -0.380 e. The first-order chi connectivity index (χ1) is 10.7. The van der Waals surface area contributed by atoms with Crippen LogP contribution in [0, 0.1) is 6.92 Å². The van der Waals surface area contributed by atoms with Crippen LogP contribution in [-0.2, 0) is 11.3 Å². The van der Waals surface area contributed by atoms with Gasteiger partial charge < -0.3 is 10.1 Å². The number of carbonyl (C=O) groups is 1. The number of carbonyl (C=O) groups excluding carboxylic acids is 1. The molecule has 0 bridgehead atoms. The van der Waals surface area contributed by atoms with Gasteiger partial charge in [-0.25, -0.2) is 4.98 Å². The summed E-state index contributed by atoms with van der Waals surface area (Å²) in [6.07, 6.45) is 0. The van der Waals surface area contributed by atoms with Crippen LogP contribution in [0.2, 0.25) is 0 Å². The average molecular weight is 312 g/mol. The predicted octanol–water partition coefficient (Wildman–Crippen LogP) is 4.00. The fourth-order valence-corrected chi connectivity index (χ4v) is 3.36. The van der Waals surface area contributed by atoms with Crippen LogP contribution in [0.5, 0.6) is 0 Å². The zero-order chi connectivity index (χ0) is 15.5. The molecule has 1 amide bonds. The third-order valence-electron chi connectivity index (χ3n) is 3.34. The maximum Gasteiger partial charge on any atom is 0.255 e. The minimum absolute atomic E-state index is 0.121. The third-order valence-corrected chi connectivity index (χ3v) is 4.21. The van der Waals surface area contributed by atoms with Crippen molar-refractivity contribution in [3.8, 4) is 0 Å². The molecule has 1 aromatic carbocycles. The van der Waals surface area contributed by atoms with Gasteiger partial charge in [-0.15, -0.1) is 11.3 Å². The van der Waals surface area contributed by atoms with Crippen molar-refractivity contribution < 1.29 is 9.53 Å². The second-order valence-electron chi connectivity index (χ2n) is 5.01. The highest BCUT2D eigenvalue weighted by Crippen LogP contribution is 2.33. The molecule has 0 aliphatic rings. The number of aryl methyl sites for hydroxylation is 1. The number of ether oxygens (including phenoxy) is 1. The van der Waals surface area contributed by atoms with Crippen LogP contribution in [0.4, 0.5) is 5.69 Å². The topological polar surface area (TPSA) is 51.2 Å². The van der Waals surface area contributed by atoms with Crippen molar-refractivity contribution >= 4 is 33.1 Å². The Labute approximate surface area is 132 Å². The summed E-state index contributed by atoms with van der Waals surface area (Å²) in [5, 5.41) is 5.86. The zero-order valence-electron chi connectivity index (χ0n) is 12.4. The number of benzene rings is 1. The number of rotatable bonds is 4. The predicted molar refractivity (Wildman–Crippen MR) is 89.5 cm³/mol. The van der Waals surface area contributed by atoms with Crippen LogP contribution >= 0.6 is 11.3 Å². The first-order valence-corrected chi connectivity index (χ1v) is 7.80. The van der Waals surface area contributed by atoms with Crippen LogP contribution in [0.15, 0.2) is 41.8 Å². The van der Waals surface area contributed by atoms with E-state index in [1.807, 2.05) is 36.6 Å². The summed E-state index contributed by atoms with van der Waals surface area (Å²) in [6, 6.07) is 11.2. The summed E-state index contributed by atoms with van der Waals surface area (Å²) in [5.74, 6) is -0.121. The zero-order valence-corrected chi connectivity index (χ0v) is 13.2. The Balaban J connectivity index is 1.99. The van der Waals surface area contributed by atoms with E-state index in [2.05, 4.69) is 10.3 Å². The van der Waals surface area contributed by atoms with Crippen molar-refractivity contribution in [2.24, 2.45) is 0 Å². The number of nitrogens with zero attached hydrogens (tertiary/aromatic N) is 1. The number of aromatic nitrogens is 1. The lowest BCUT2D eigenvalue weighted by atomic mass is 10.1. The molecule has 0 atom stereocenters. The Morgan fingerprint density at radius 3 is 2.82 bits per heavy atom. The van der Waals surface area contributed by atoms with Gasteiger partial charge in [0.05, 0.1) is 12.3 Å². The van der Waals surface area contributed by atoms with E-state index in [0.29, 0.717) is 12.2 Å². The number of methoxy groups -OCH3 is 1. The van der Waals surface area contributed by atoms with Gasteiger partial charge in [-0.3, -0.25) is 4.79 Å². The molecule has 2 heterocycles. The molecule has 22 heavy (non-hydrogen) atoms. The van der Waals surface area contributed by atoms with Crippen LogP contribution in [0.25, 0.3) is 10.2 Å². The fourth-order valence-electron chi connectivity index (χ4n) is 2.40. The SMILES string of the molecule is COCc1cc(C)nc2scc(NC(=O)c3ccccc3)c12. The van der Waals surface area contributed by atoms with Crippen LogP contribution in [0.3, 0.4) is 0 Å². The first-order valence-electron chi connectivity index (χ1n) is 6.92. The second-order valence-corrected chi connectivity index (χ2v) is 5.86. The van der Waals surface area contributed by atoms with Gasteiger partial charge >= 0.3 is 0 Å². The molecule has 0 radical (unpaired) electrons. The normalized spacial score (nSPS) is 10.8. The van der Waals surface area contributed by atoms with E-state index in [0.717, 1.165) is 27.2 Å². The number of nitrogens with one attached hydrogen (secondary N) is 1.